The number of amides is 1. The summed E-state index contributed by atoms with van der Waals surface area (Å²) in [6.07, 6.45) is 0. The van der Waals surface area contributed by atoms with Gasteiger partial charge in [0, 0.05) is 31.2 Å². The molecule has 0 aromatic heterocycles. The molecule has 2 atom stereocenters. The molecule has 1 aliphatic heterocycles. The Kier molecular flexibility index (Phi) is 3.66. The molecule has 5 nitrogen and oxygen atoms in total. The van der Waals surface area contributed by atoms with E-state index in [1.54, 1.807) is 4.90 Å². The second-order valence-corrected chi connectivity index (χ2v) is 5.28. The van der Waals surface area contributed by atoms with Crippen LogP contribution in [0.1, 0.15) is 24.2 Å². The molecule has 2 unspecified atom stereocenters. The quantitative estimate of drug-likeness (QED) is 0.801. The minimum atomic E-state index is -0.190. The van der Waals surface area contributed by atoms with Crippen LogP contribution in [0.4, 0.5) is 0 Å². The smallest absolute Gasteiger partial charge is 0.257 e. The topological polar surface area (TPSA) is 64.0 Å². The second-order valence-electron chi connectivity index (χ2n) is 5.28. The predicted octanol–water partition coefficient (Wildman–Crippen LogP) is 1.26. The first kappa shape index (κ1) is 13.7. The lowest BCUT2D eigenvalue weighted by molar-refractivity contribution is 0.0412. The Morgan fingerprint density at radius 1 is 1.21 bits per heavy atom. The summed E-state index contributed by atoms with van der Waals surface area (Å²) >= 11 is 0. The van der Waals surface area contributed by atoms with Crippen molar-refractivity contribution in [3.8, 4) is 11.5 Å². The number of aromatic hydroxyl groups is 2. The zero-order valence-corrected chi connectivity index (χ0v) is 11.5. The molecule has 2 N–H and O–H groups in total. The minimum absolute atomic E-state index is 0.0471. The van der Waals surface area contributed by atoms with E-state index in [9.17, 15) is 15.0 Å². The SMILES string of the molecule is CC1CN(C(=O)c2ccc(O)cc2O)CC(C)N1C. The zero-order chi connectivity index (χ0) is 14.2. The molecule has 19 heavy (non-hydrogen) atoms. The van der Waals surface area contributed by atoms with Gasteiger partial charge >= 0.3 is 0 Å². The maximum atomic E-state index is 12.4. The van der Waals surface area contributed by atoms with Gasteiger partial charge in [-0.15, -0.1) is 0 Å². The Morgan fingerprint density at radius 2 is 1.79 bits per heavy atom. The van der Waals surface area contributed by atoms with Gasteiger partial charge in [-0.05, 0) is 33.0 Å². The molecule has 1 aromatic rings. The first-order valence-corrected chi connectivity index (χ1v) is 6.43. The van der Waals surface area contributed by atoms with E-state index in [1.165, 1.54) is 18.2 Å². The molecule has 2 rings (SSSR count). The Labute approximate surface area is 113 Å². The van der Waals surface area contributed by atoms with Crippen LogP contribution in [0.25, 0.3) is 0 Å². The molecule has 5 heteroatoms. The number of rotatable bonds is 1. The molecule has 0 saturated carbocycles. The van der Waals surface area contributed by atoms with Gasteiger partial charge in [0.15, 0.2) is 0 Å². The Hall–Kier alpha value is -1.75. The fourth-order valence-corrected chi connectivity index (χ4v) is 2.44. The van der Waals surface area contributed by atoms with Gasteiger partial charge in [0.1, 0.15) is 11.5 Å². The van der Waals surface area contributed by atoms with E-state index in [4.69, 9.17) is 0 Å². The van der Waals surface area contributed by atoms with Crippen molar-refractivity contribution >= 4 is 5.91 Å². The van der Waals surface area contributed by atoms with Crippen molar-refractivity contribution in [1.29, 1.82) is 0 Å². The lowest BCUT2D eigenvalue weighted by Crippen LogP contribution is -2.56. The monoisotopic (exact) mass is 264 g/mol. The van der Waals surface area contributed by atoms with E-state index in [0.29, 0.717) is 13.1 Å². The van der Waals surface area contributed by atoms with Crippen molar-refractivity contribution in [3.05, 3.63) is 23.8 Å². The average Bonchev–Trinajstić information content (AvgIpc) is 2.34. The third-order valence-electron chi connectivity index (χ3n) is 3.86. The molecule has 1 amide bonds. The lowest BCUT2D eigenvalue weighted by Gasteiger charge is -2.42. The zero-order valence-electron chi connectivity index (χ0n) is 11.5. The molecule has 1 aromatic carbocycles. The Bertz CT molecular complexity index is 478. The average molecular weight is 264 g/mol. The van der Waals surface area contributed by atoms with E-state index >= 15 is 0 Å². The van der Waals surface area contributed by atoms with Crippen molar-refractivity contribution in [2.45, 2.75) is 25.9 Å². The normalized spacial score (nSPS) is 24.5. The van der Waals surface area contributed by atoms with Gasteiger partial charge in [0.25, 0.3) is 5.91 Å². The number of phenols is 2. The highest BCUT2D eigenvalue weighted by Gasteiger charge is 2.30. The highest BCUT2D eigenvalue weighted by molar-refractivity contribution is 5.97. The van der Waals surface area contributed by atoms with Gasteiger partial charge in [-0.1, -0.05) is 0 Å². The minimum Gasteiger partial charge on any atom is -0.508 e. The number of hydrogen-bond donors (Lipinski definition) is 2. The van der Waals surface area contributed by atoms with E-state index in [-0.39, 0.29) is 35.1 Å². The molecule has 1 fully saturated rings. The molecule has 104 valence electrons. The van der Waals surface area contributed by atoms with Crippen LogP contribution < -0.4 is 0 Å². The molecule has 1 heterocycles. The van der Waals surface area contributed by atoms with E-state index in [0.717, 1.165) is 0 Å². The number of nitrogens with zero attached hydrogens (tertiary/aromatic N) is 2. The summed E-state index contributed by atoms with van der Waals surface area (Å²) in [6, 6.07) is 4.63. The van der Waals surface area contributed by atoms with Crippen LogP contribution in [-0.2, 0) is 0 Å². The van der Waals surface area contributed by atoms with Crippen LogP contribution in [0.3, 0.4) is 0 Å². The highest BCUT2D eigenvalue weighted by atomic mass is 16.3. The first-order chi connectivity index (χ1) is 8.90. The van der Waals surface area contributed by atoms with Crippen molar-refractivity contribution in [3.63, 3.8) is 0 Å². The maximum absolute atomic E-state index is 12.4. The number of phenolic OH excluding ortho intramolecular Hbond substituents is 2. The van der Waals surface area contributed by atoms with Crippen molar-refractivity contribution in [2.75, 3.05) is 20.1 Å². The number of piperazine rings is 1. The Balaban J connectivity index is 2.20. The summed E-state index contributed by atoms with van der Waals surface area (Å²) in [5.74, 6) is -0.414. The number of likely N-dealkylation sites (N-methyl/N-ethyl adjacent to an activating group) is 1. The molecular weight excluding hydrogens is 244 g/mol. The molecule has 0 radical (unpaired) electrons. The van der Waals surface area contributed by atoms with Crippen LogP contribution >= 0.6 is 0 Å². The van der Waals surface area contributed by atoms with E-state index in [2.05, 4.69) is 25.8 Å². The van der Waals surface area contributed by atoms with Crippen molar-refractivity contribution < 1.29 is 15.0 Å². The Morgan fingerprint density at radius 3 is 2.32 bits per heavy atom. The number of benzene rings is 1. The molecule has 1 aliphatic rings. The number of carbonyl (C=O) groups is 1. The van der Waals surface area contributed by atoms with Crippen LogP contribution in [0.2, 0.25) is 0 Å². The maximum Gasteiger partial charge on any atom is 0.257 e. The molecule has 0 aliphatic carbocycles. The van der Waals surface area contributed by atoms with Crippen LogP contribution in [-0.4, -0.2) is 58.1 Å². The highest BCUT2D eigenvalue weighted by Crippen LogP contribution is 2.25. The largest absolute Gasteiger partial charge is 0.508 e. The molecule has 0 bridgehead atoms. The first-order valence-electron chi connectivity index (χ1n) is 6.43. The van der Waals surface area contributed by atoms with Gasteiger partial charge in [-0.25, -0.2) is 0 Å². The fraction of sp³-hybridized carbons (Fsp3) is 0.500. The summed E-state index contributed by atoms with van der Waals surface area (Å²) in [7, 11) is 2.05. The standard InChI is InChI=1S/C14H20N2O3/c1-9-7-16(8-10(2)15(9)3)14(19)12-5-4-11(17)6-13(12)18/h4-6,9-10,17-18H,7-8H2,1-3H3. The van der Waals surface area contributed by atoms with Gasteiger partial charge in [0.2, 0.25) is 0 Å². The third-order valence-corrected chi connectivity index (χ3v) is 3.86. The summed E-state index contributed by atoms with van der Waals surface area (Å²) in [5.41, 5.74) is 0.238. The second kappa shape index (κ2) is 5.09. The van der Waals surface area contributed by atoms with Gasteiger partial charge in [-0.2, -0.15) is 0 Å². The van der Waals surface area contributed by atoms with E-state index < -0.39 is 0 Å². The lowest BCUT2D eigenvalue weighted by atomic mass is 10.1. The van der Waals surface area contributed by atoms with E-state index in [1.807, 2.05) is 0 Å². The summed E-state index contributed by atoms with van der Waals surface area (Å²) in [4.78, 5) is 16.4. The fourth-order valence-electron chi connectivity index (χ4n) is 2.44. The van der Waals surface area contributed by atoms with Crippen LogP contribution in [0.15, 0.2) is 18.2 Å². The van der Waals surface area contributed by atoms with Gasteiger partial charge in [-0.3, -0.25) is 9.69 Å². The molecular formula is C14H20N2O3. The van der Waals surface area contributed by atoms with Crippen LogP contribution in [0.5, 0.6) is 11.5 Å². The predicted molar refractivity (Wildman–Crippen MR) is 72.4 cm³/mol. The summed E-state index contributed by atoms with van der Waals surface area (Å²) in [5, 5.41) is 19.0. The van der Waals surface area contributed by atoms with Crippen molar-refractivity contribution in [1.82, 2.24) is 9.80 Å². The molecule has 1 saturated heterocycles. The number of hydrogen-bond acceptors (Lipinski definition) is 4. The number of carbonyl (C=O) groups excluding carboxylic acids is 1. The van der Waals surface area contributed by atoms with Crippen molar-refractivity contribution in [2.24, 2.45) is 0 Å². The van der Waals surface area contributed by atoms with Gasteiger partial charge in [0.05, 0.1) is 5.56 Å². The summed E-state index contributed by atoms with van der Waals surface area (Å²) < 4.78 is 0. The summed E-state index contributed by atoms with van der Waals surface area (Å²) in [6.45, 7) is 5.43. The molecule has 0 spiro atoms. The van der Waals surface area contributed by atoms with Crippen LogP contribution in [0, 0.1) is 0 Å². The third kappa shape index (κ3) is 2.66. The van der Waals surface area contributed by atoms with Gasteiger partial charge < -0.3 is 15.1 Å².